The Hall–Kier alpha value is -3.55. The summed E-state index contributed by atoms with van der Waals surface area (Å²) in [6, 6.07) is 8.02. The van der Waals surface area contributed by atoms with Gasteiger partial charge in [0.05, 0.1) is 19.8 Å². The highest BCUT2D eigenvalue weighted by atomic mass is 16.7. The van der Waals surface area contributed by atoms with Gasteiger partial charge in [-0.2, -0.15) is 0 Å². The van der Waals surface area contributed by atoms with E-state index in [4.69, 9.17) is 23.7 Å². The van der Waals surface area contributed by atoms with Crippen LogP contribution in [0.25, 0.3) is 6.08 Å². The van der Waals surface area contributed by atoms with E-state index in [1.807, 2.05) is 0 Å². The van der Waals surface area contributed by atoms with Crippen LogP contribution in [0.5, 0.6) is 23.0 Å². The van der Waals surface area contributed by atoms with Crippen molar-refractivity contribution in [2.75, 3.05) is 19.8 Å². The van der Waals surface area contributed by atoms with Gasteiger partial charge in [0, 0.05) is 6.08 Å². The minimum atomic E-state index is -1.70. The number of benzene rings is 2. The summed E-state index contributed by atoms with van der Waals surface area (Å²) in [5.41, 5.74) is 0.871. The first-order chi connectivity index (χ1) is 21.4. The van der Waals surface area contributed by atoms with Crippen LogP contribution >= 0.6 is 0 Å². The highest BCUT2D eigenvalue weighted by molar-refractivity contribution is 5.87. The number of carbonyl (C=O) groups is 1. The second-order valence-corrected chi connectivity index (χ2v) is 10.4. The minimum absolute atomic E-state index is 0.0413. The van der Waals surface area contributed by atoms with Gasteiger partial charge in [-0.05, 0) is 47.9 Å². The summed E-state index contributed by atoms with van der Waals surface area (Å²) < 4.78 is 26.9. The number of aliphatic hydroxyl groups excluding tert-OH is 7. The van der Waals surface area contributed by atoms with Gasteiger partial charge in [0.1, 0.15) is 42.7 Å². The monoisotopic (exact) mass is 640 g/mol. The molecule has 2 aromatic rings. The third-order valence-electron chi connectivity index (χ3n) is 7.27. The quantitative estimate of drug-likeness (QED) is 0.0697. The second kappa shape index (κ2) is 15.2. The Morgan fingerprint density at radius 3 is 2.11 bits per heavy atom. The molecule has 2 heterocycles. The van der Waals surface area contributed by atoms with Crippen molar-refractivity contribution in [3.05, 3.63) is 53.6 Å². The second-order valence-electron chi connectivity index (χ2n) is 10.4. The summed E-state index contributed by atoms with van der Waals surface area (Å²) in [4.78, 5) is 12.6. The third-order valence-corrected chi connectivity index (χ3v) is 7.27. The van der Waals surface area contributed by atoms with Crippen molar-refractivity contribution in [2.24, 2.45) is 0 Å². The molecule has 2 aliphatic heterocycles. The van der Waals surface area contributed by atoms with Gasteiger partial charge in [-0.15, -0.1) is 0 Å². The summed E-state index contributed by atoms with van der Waals surface area (Å²) in [5, 5.41) is 99.6. The van der Waals surface area contributed by atoms with Crippen molar-refractivity contribution in [3.8, 4) is 23.0 Å². The fourth-order valence-electron chi connectivity index (χ4n) is 4.71. The number of hydrogen-bond acceptors (Lipinski definition) is 16. The maximum Gasteiger partial charge on any atom is 0.331 e. The van der Waals surface area contributed by atoms with Crippen molar-refractivity contribution >= 4 is 12.0 Å². The summed E-state index contributed by atoms with van der Waals surface area (Å²) in [5.74, 6) is -2.26. The first kappa shape index (κ1) is 34.3. The lowest BCUT2D eigenvalue weighted by molar-refractivity contribution is -0.302. The van der Waals surface area contributed by atoms with E-state index in [1.165, 1.54) is 36.4 Å². The molecule has 248 valence electrons. The molecule has 0 unspecified atom stereocenters. The van der Waals surface area contributed by atoms with E-state index in [-0.39, 0.29) is 35.8 Å². The van der Waals surface area contributed by atoms with Crippen LogP contribution in [-0.2, 0) is 30.2 Å². The van der Waals surface area contributed by atoms with Crippen molar-refractivity contribution < 1.29 is 79.5 Å². The SMILES string of the molecule is O=C(/C=C/c1ccc(O[C@@H]2O[C@H](CO)[C@@H](O)[C@H](O)[C@H]2O)c(O)c1)O[C@@H]1[C@@H](O)[C@H](OCCc2ccc(O)c(O)c2)O[C@H](CO)[C@H]1O. The summed E-state index contributed by atoms with van der Waals surface area (Å²) in [6.45, 7) is -1.39. The van der Waals surface area contributed by atoms with Crippen molar-refractivity contribution in [1.29, 1.82) is 0 Å². The number of phenolic OH excluding ortho intramolecular Hbond substituents is 3. The molecule has 0 spiro atoms. The Balaban J connectivity index is 1.35. The van der Waals surface area contributed by atoms with Crippen molar-refractivity contribution in [3.63, 3.8) is 0 Å². The van der Waals surface area contributed by atoms with E-state index in [0.717, 1.165) is 6.08 Å². The standard InChI is InChI=1S/C29H36O16/c30-11-19-22(36)24(38)25(39)29(44-19)42-18-5-2-13(10-17(18)34)3-6-21(35)45-27-23(37)20(12-31)43-28(26(27)40)41-8-7-14-1-4-15(32)16(33)9-14/h1-6,9-10,19-20,22-34,36-40H,7-8,11-12H2/b6-3+/t19-,20-,22-,23-,24+,25-,26-,27+,28-,29-/m1/s1. The van der Waals surface area contributed by atoms with Crippen LogP contribution in [0.15, 0.2) is 42.5 Å². The third kappa shape index (κ3) is 8.19. The molecule has 16 nitrogen and oxygen atoms in total. The highest BCUT2D eigenvalue weighted by Crippen LogP contribution is 2.32. The van der Waals surface area contributed by atoms with Gasteiger partial charge in [0.15, 0.2) is 35.4 Å². The van der Waals surface area contributed by atoms with E-state index in [0.29, 0.717) is 5.56 Å². The van der Waals surface area contributed by atoms with Gasteiger partial charge in [-0.1, -0.05) is 12.1 Å². The Morgan fingerprint density at radius 1 is 0.756 bits per heavy atom. The number of esters is 1. The predicted molar refractivity (Wildman–Crippen MR) is 149 cm³/mol. The number of ether oxygens (including phenoxy) is 5. The van der Waals surface area contributed by atoms with E-state index in [1.54, 1.807) is 6.07 Å². The molecular weight excluding hydrogens is 604 g/mol. The van der Waals surface area contributed by atoms with Gasteiger partial charge >= 0.3 is 5.97 Å². The Labute approximate surface area is 256 Å². The van der Waals surface area contributed by atoms with Crippen molar-refractivity contribution in [2.45, 2.75) is 67.8 Å². The van der Waals surface area contributed by atoms with Gasteiger partial charge in [0.25, 0.3) is 0 Å². The minimum Gasteiger partial charge on any atom is -0.504 e. The molecule has 4 rings (SSSR count). The Morgan fingerprint density at radius 2 is 1.44 bits per heavy atom. The average Bonchev–Trinajstić information content (AvgIpc) is 3.02. The molecule has 0 aliphatic carbocycles. The average molecular weight is 641 g/mol. The molecule has 2 aliphatic rings. The Kier molecular flexibility index (Phi) is 11.6. The van der Waals surface area contributed by atoms with Crippen LogP contribution in [-0.4, -0.2) is 138 Å². The van der Waals surface area contributed by atoms with E-state index in [9.17, 15) is 55.9 Å². The van der Waals surface area contributed by atoms with Crippen LogP contribution < -0.4 is 4.74 Å². The molecular formula is C29H36O16. The normalized spacial score (nSPS) is 32.0. The number of phenols is 3. The zero-order chi connectivity index (χ0) is 32.8. The van der Waals surface area contributed by atoms with E-state index in [2.05, 4.69) is 0 Å². The largest absolute Gasteiger partial charge is 0.504 e. The lowest BCUT2D eigenvalue weighted by atomic mass is 9.99. The van der Waals surface area contributed by atoms with Crippen molar-refractivity contribution in [1.82, 2.24) is 0 Å². The first-order valence-corrected chi connectivity index (χ1v) is 13.9. The summed E-state index contributed by atoms with van der Waals surface area (Å²) >= 11 is 0. The molecule has 16 heteroatoms. The molecule has 45 heavy (non-hydrogen) atoms. The van der Waals surface area contributed by atoms with Crippen LogP contribution in [0, 0.1) is 0 Å². The molecule has 2 saturated heterocycles. The maximum atomic E-state index is 12.6. The predicted octanol–water partition coefficient (Wildman–Crippen LogP) is -2.39. The molecule has 0 bridgehead atoms. The number of rotatable bonds is 11. The number of aliphatic hydroxyl groups is 7. The zero-order valence-electron chi connectivity index (χ0n) is 23.6. The molecule has 10 N–H and O–H groups in total. The molecule has 10 atom stereocenters. The maximum absolute atomic E-state index is 12.6. The first-order valence-electron chi connectivity index (χ1n) is 13.9. The molecule has 0 saturated carbocycles. The molecule has 0 aromatic heterocycles. The van der Waals surface area contributed by atoms with Crippen LogP contribution in [0.3, 0.4) is 0 Å². The van der Waals surface area contributed by atoms with E-state index < -0.39 is 86.3 Å². The number of carbonyl (C=O) groups excluding carboxylic acids is 1. The van der Waals surface area contributed by atoms with E-state index >= 15 is 0 Å². The lowest BCUT2D eigenvalue weighted by Gasteiger charge is -2.41. The molecule has 0 amide bonds. The van der Waals surface area contributed by atoms with Crippen LogP contribution in [0.2, 0.25) is 0 Å². The zero-order valence-corrected chi connectivity index (χ0v) is 23.6. The number of hydrogen-bond donors (Lipinski definition) is 10. The fourth-order valence-corrected chi connectivity index (χ4v) is 4.71. The van der Waals surface area contributed by atoms with Crippen LogP contribution in [0.1, 0.15) is 11.1 Å². The lowest BCUT2D eigenvalue weighted by Crippen LogP contribution is -2.60. The van der Waals surface area contributed by atoms with Gasteiger partial charge in [-0.25, -0.2) is 4.79 Å². The molecule has 2 aromatic carbocycles. The summed E-state index contributed by atoms with van der Waals surface area (Å²) in [6.07, 6.45) is -12.8. The fraction of sp³-hybridized carbons (Fsp3) is 0.483. The highest BCUT2D eigenvalue weighted by Gasteiger charge is 2.47. The topological polar surface area (TPSA) is 266 Å². The van der Waals surface area contributed by atoms with Gasteiger partial charge < -0.3 is 74.7 Å². The smallest absolute Gasteiger partial charge is 0.331 e. The Bertz CT molecular complexity index is 1320. The molecule has 2 fully saturated rings. The van der Waals surface area contributed by atoms with Gasteiger partial charge in [-0.3, -0.25) is 0 Å². The molecule has 0 radical (unpaired) electrons. The summed E-state index contributed by atoms with van der Waals surface area (Å²) in [7, 11) is 0. The van der Waals surface area contributed by atoms with Crippen LogP contribution in [0.4, 0.5) is 0 Å². The number of aromatic hydroxyl groups is 3. The van der Waals surface area contributed by atoms with Gasteiger partial charge in [0.2, 0.25) is 6.29 Å².